The summed E-state index contributed by atoms with van der Waals surface area (Å²) in [7, 11) is 0. The van der Waals surface area contributed by atoms with Crippen LogP contribution in [0.4, 0.5) is 0 Å². The lowest BCUT2D eigenvalue weighted by molar-refractivity contribution is -0.148. The van der Waals surface area contributed by atoms with Crippen LogP contribution in [0.1, 0.15) is 45.7 Å². The molecule has 0 aromatic heterocycles. The fourth-order valence-corrected chi connectivity index (χ4v) is 3.00. The standard InChI is InChI=1S/C28H26O8/c1-19(29)23-7-11-25(12-8-23)33-17-27(31)35-15-21-3-5-22(6-4-21)16-36-28(32)18-34-26-13-9-24(10-14-26)20(2)30/h3-14H,15-18H2,1-2H3. The molecule has 0 saturated carbocycles. The minimum absolute atomic E-state index is 0.0481. The third kappa shape index (κ3) is 8.39. The van der Waals surface area contributed by atoms with Gasteiger partial charge in [0, 0.05) is 11.1 Å². The van der Waals surface area contributed by atoms with E-state index in [1.165, 1.54) is 13.8 Å². The molecular formula is C28H26O8. The van der Waals surface area contributed by atoms with Crippen molar-refractivity contribution in [3.8, 4) is 11.5 Å². The molecule has 0 amide bonds. The number of carbonyl (C=O) groups excluding carboxylic acids is 4. The minimum atomic E-state index is -0.528. The summed E-state index contributed by atoms with van der Waals surface area (Å²) in [6.45, 7) is 2.58. The highest BCUT2D eigenvalue weighted by molar-refractivity contribution is 5.94. The van der Waals surface area contributed by atoms with Crippen molar-refractivity contribution in [1.29, 1.82) is 0 Å². The molecule has 8 heteroatoms. The molecule has 0 aliphatic heterocycles. The van der Waals surface area contributed by atoms with Crippen molar-refractivity contribution in [2.24, 2.45) is 0 Å². The van der Waals surface area contributed by atoms with Crippen LogP contribution in [0, 0.1) is 0 Å². The third-order valence-corrected chi connectivity index (χ3v) is 5.06. The van der Waals surface area contributed by atoms with E-state index in [9.17, 15) is 19.2 Å². The summed E-state index contributed by atoms with van der Waals surface area (Å²) in [5.41, 5.74) is 2.66. The topological polar surface area (TPSA) is 105 Å². The molecule has 0 unspecified atom stereocenters. The van der Waals surface area contributed by atoms with Crippen molar-refractivity contribution in [1.82, 2.24) is 0 Å². The molecule has 186 valence electrons. The van der Waals surface area contributed by atoms with Gasteiger partial charge in [-0.2, -0.15) is 0 Å². The zero-order chi connectivity index (χ0) is 25.9. The van der Waals surface area contributed by atoms with E-state index in [1.807, 2.05) is 0 Å². The Hall–Kier alpha value is -4.46. The molecule has 8 nitrogen and oxygen atoms in total. The van der Waals surface area contributed by atoms with Crippen LogP contribution < -0.4 is 9.47 Å². The zero-order valence-electron chi connectivity index (χ0n) is 20.0. The maximum atomic E-state index is 11.9. The molecule has 0 heterocycles. The molecule has 0 radical (unpaired) electrons. The van der Waals surface area contributed by atoms with Gasteiger partial charge in [-0.05, 0) is 73.5 Å². The summed E-state index contributed by atoms with van der Waals surface area (Å²) < 4.78 is 21.1. The largest absolute Gasteiger partial charge is 0.482 e. The second-order valence-electron chi connectivity index (χ2n) is 7.88. The fraction of sp³-hybridized carbons (Fsp3) is 0.214. The Kier molecular flexibility index (Phi) is 9.33. The van der Waals surface area contributed by atoms with Crippen molar-refractivity contribution in [2.75, 3.05) is 13.2 Å². The van der Waals surface area contributed by atoms with Gasteiger partial charge < -0.3 is 18.9 Å². The van der Waals surface area contributed by atoms with Gasteiger partial charge in [0.05, 0.1) is 0 Å². The molecule has 0 fully saturated rings. The average Bonchev–Trinajstić information content (AvgIpc) is 2.89. The first kappa shape index (κ1) is 26.2. The van der Waals surface area contributed by atoms with Gasteiger partial charge in [-0.1, -0.05) is 24.3 Å². The Morgan fingerprint density at radius 1 is 0.528 bits per heavy atom. The predicted octanol–water partition coefficient (Wildman–Crippen LogP) is 4.34. The summed E-state index contributed by atoms with van der Waals surface area (Å²) in [4.78, 5) is 46.4. The van der Waals surface area contributed by atoms with Gasteiger partial charge in [-0.15, -0.1) is 0 Å². The molecule has 0 saturated heterocycles. The highest BCUT2D eigenvalue weighted by atomic mass is 16.6. The van der Waals surface area contributed by atoms with Gasteiger partial charge in [0.15, 0.2) is 24.8 Å². The Labute approximate surface area is 208 Å². The van der Waals surface area contributed by atoms with E-state index >= 15 is 0 Å². The molecule has 3 rings (SSSR count). The number of hydrogen-bond acceptors (Lipinski definition) is 8. The van der Waals surface area contributed by atoms with Gasteiger partial charge in [0.1, 0.15) is 24.7 Å². The number of ketones is 2. The normalized spacial score (nSPS) is 10.3. The van der Waals surface area contributed by atoms with E-state index in [0.29, 0.717) is 22.6 Å². The van der Waals surface area contributed by atoms with Crippen LogP contribution in [0.25, 0.3) is 0 Å². The van der Waals surface area contributed by atoms with E-state index in [1.54, 1.807) is 72.8 Å². The van der Waals surface area contributed by atoms with Gasteiger partial charge in [0.2, 0.25) is 0 Å². The SMILES string of the molecule is CC(=O)c1ccc(OCC(=O)OCc2ccc(COC(=O)COc3ccc(C(C)=O)cc3)cc2)cc1. The summed E-state index contributed by atoms with van der Waals surface area (Å²) in [5, 5.41) is 0. The van der Waals surface area contributed by atoms with Crippen molar-refractivity contribution in [3.05, 3.63) is 95.1 Å². The van der Waals surface area contributed by atoms with E-state index in [-0.39, 0.29) is 38.0 Å². The van der Waals surface area contributed by atoms with Gasteiger partial charge in [-0.3, -0.25) is 9.59 Å². The first-order chi connectivity index (χ1) is 17.3. The van der Waals surface area contributed by atoms with Crippen molar-refractivity contribution < 1.29 is 38.1 Å². The summed E-state index contributed by atoms with van der Waals surface area (Å²) in [6.07, 6.45) is 0. The molecular weight excluding hydrogens is 464 g/mol. The third-order valence-electron chi connectivity index (χ3n) is 5.06. The fourth-order valence-electron chi connectivity index (χ4n) is 3.00. The van der Waals surface area contributed by atoms with Crippen LogP contribution in [-0.2, 0) is 32.3 Å². The number of ether oxygens (including phenoxy) is 4. The van der Waals surface area contributed by atoms with Gasteiger partial charge in [0.25, 0.3) is 0 Å². The highest BCUT2D eigenvalue weighted by Gasteiger charge is 2.08. The van der Waals surface area contributed by atoms with E-state index in [4.69, 9.17) is 18.9 Å². The number of benzene rings is 3. The zero-order valence-corrected chi connectivity index (χ0v) is 20.0. The lowest BCUT2D eigenvalue weighted by atomic mass is 10.1. The first-order valence-corrected chi connectivity index (χ1v) is 11.2. The smallest absolute Gasteiger partial charge is 0.344 e. The number of esters is 2. The Balaban J connectivity index is 1.34. The van der Waals surface area contributed by atoms with Crippen LogP contribution in [-0.4, -0.2) is 36.7 Å². The predicted molar refractivity (Wildman–Crippen MR) is 130 cm³/mol. The first-order valence-electron chi connectivity index (χ1n) is 11.2. The van der Waals surface area contributed by atoms with Gasteiger partial charge in [-0.25, -0.2) is 9.59 Å². The number of hydrogen-bond donors (Lipinski definition) is 0. The van der Waals surface area contributed by atoms with Crippen LogP contribution >= 0.6 is 0 Å². The molecule has 3 aromatic carbocycles. The van der Waals surface area contributed by atoms with Crippen LogP contribution in [0.3, 0.4) is 0 Å². The van der Waals surface area contributed by atoms with Crippen LogP contribution in [0.5, 0.6) is 11.5 Å². The molecule has 36 heavy (non-hydrogen) atoms. The molecule has 0 aliphatic rings. The number of Topliss-reactive ketones (excluding diaryl/α,β-unsaturated/α-hetero) is 2. The van der Waals surface area contributed by atoms with Crippen LogP contribution in [0.15, 0.2) is 72.8 Å². The average molecular weight is 491 g/mol. The molecule has 0 aliphatic carbocycles. The minimum Gasteiger partial charge on any atom is -0.482 e. The molecule has 0 N–H and O–H groups in total. The van der Waals surface area contributed by atoms with Crippen molar-refractivity contribution in [2.45, 2.75) is 27.1 Å². The quantitative estimate of drug-likeness (QED) is 0.273. The summed E-state index contributed by atoms with van der Waals surface area (Å²) in [5.74, 6) is -0.223. The monoisotopic (exact) mass is 490 g/mol. The van der Waals surface area contributed by atoms with Crippen molar-refractivity contribution >= 4 is 23.5 Å². The molecule has 0 spiro atoms. The Morgan fingerprint density at radius 3 is 1.17 bits per heavy atom. The second-order valence-corrected chi connectivity index (χ2v) is 7.88. The Bertz CT molecular complexity index is 1100. The molecule has 3 aromatic rings. The maximum absolute atomic E-state index is 11.9. The molecule has 0 atom stereocenters. The second kappa shape index (κ2) is 12.9. The van der Waals surface area contributed by atoms with E-state index in [0.717, 1.165) is 11.1 Å². The van der Waals surface area contributed by atoms with Crippen molar-refractivity contribution in [3.63, 3.8) is 0 Å². The highest BCUT2D eigenvalue weighted by Crippen LogP contribution is 2.14. The number of carbonyl (C=O) groups is 4. The number of rotatable bonds is 12. The summed E-state index contributed by atoms with van der Waals surface area (Å²) >= 11 is 0. The van der Waals surface area contributed by atoms with E-state index < -0.39 is 11.9 Å². The Morgan fingerprint density at radius 2 is 0.861 bits per heavy atom. The van der Waals surface area contributed by atoms with E-state index in [2.05, 4.69) is 0 Å². The van der Waals surface area contributed by atoms with Gasteiger partial charge >= 0.3 is 11.9 Å². The maximum Gasteiger partial charge on any atom is 0.344 e. The summed E-state index contributed by atoms with van der Waals surface area (Å²) in [6, 6.07) is 20.1. The molecule has 0 bridgehead atoms. The van der Waals surface area contributed by atoms with Crippen LogP contribution in [0.2, 0.25) is 0 Å². The lowest BCUT2D eigenvalue weighted by Gasteiger charge is -2.09. The lowest BCUT2D eigenvalue weighted by Crippen LogP contribution is -2.15.